The van der Waals surface area contributed by atoms with Gasteiger partial charge in [-0.1, -0.05) is 26.3 Å². The van der Waals surface area contributed by atoms with Crippen LogP contribution in [0.15, 0.2) is 24.3 Å². The Kier molecular flexibility index (Phi) is 3.90. The van der Waals surface area contributed by atoms with E-state index in [1.807, 2.05) is 0 Å². The van der Waals surface area contributed by atoms with Crippen molar-refractivity contribution in [1.29, 1.82) is 0 Å². The molecule has 1 aromatic rings. The van der Waals surface area contributed by atoms with Crippen molar-refractivity contribution in [2.45, 2.75) is 39.2 Å². The molecule has 1 aliphatic rings. The molecule has 1 aromatic carbocycles. The van der Waals surface area contributed by atoms with Crippen molar-refractivity contribution in [1.82, 2.24) is 5.32 Å². The number of aromatic hydroxyl groups is 1. The Balaban J connectivity index is 2.00. The molecule has 3 heteroatoms. The topological polar surface area (TPSA) is 49.3 Å². The lowest BCUT2D eigenvalue weighted by Crippen LogP contribution is -2.37. The van der Waals surface area contributed by atoms with E-state index in [1.165, 1.54) is 18.9 Å². The van der Waals surface area contributed by atoms with Crippen LogP contribution < -0.4 is 5.32 Å². The second kappa shape index (κ2) is 5.42. The summed E-state index contributed by atoms with van der Waals surface area (Å²) in [7, 11) is 0. The molecule has 1 saturated carbocycles. The summed E-state index contributed by atoms with van der Waals surface area (Å²) in [5.41, 5.74) is 0.530. The van der Waals surface area contributed by atoms with Gasteiger partial charge < -0.3 is 10.4 Å². The first-order valence-electron chi connectivity index (χ1n) is 6.71. The van der Waals surface area contributed by atoms with Gasteiger partial charge in [0.15, 0.2) is 0 Å². The maximum Gasteiger partial charge on any atom is 0.251 e. The van der Waals surface area contributed by atoms with Crippen LogP contribution in [-0.2, 0) is 0 Å². The molecule has 0 radical (unpaired) electrons. The number of phenolic OH excluding ortho intramolecular Hbond substituents is 1. The fourth-order valence-corrected chi connectivity index (χ4v) is 2.93. The lowest BCUT2D eigenvalue weighted by Gasteiger charge is -2.21. The number of amides is 1. The Bertz CT molecular complexity index is 430. The molecule has 1 aliphatic carbocycles. The Morgan fingerprint density at radius 3 is 2.83 bits per heavy atom. The molecule has 18 heavy (non-hydrogen) atoms. The number of carbonyl (C=O) groups is 1. The van der Waals surface area contributed by atoms with Crippen LogP contribution in [0.25, 0.3) is 0 Å². The molecule has 0 bridgehead atoms. The molecule has 0 aromatic heterocycles. The lowest BCUT2D eigenvalue weighted by atomic mass is 9.93. The number of rotatable bonds is 3. The lowest BCUT2D eigenvalue weighted by molar-refractivity contribution is 0.0926. The highest BCUT2D eigenvalue weighted by atomic mass is 16.3. The van der Waals surface area contributed by atoms with Gasteiger partial charge in [0.2, 0.25) is 0 Å². The zero-order valence-electron chi connectivity index (χ0n) is 11.0. The van der Waals surface area contributed by atoms with Crippen LogP contribution in [0.3, 0.4) is 0 Å². The molecule has 2 rings (SSSR count). The van der Waals surface area contributed by atoms with E-state index < -0.39 is 0 Å². The number of carbonyl (C=O) groups excluding carboxylic acids is 1. The van der Waals surface area contributed by atoms with Gasteiger partial charge in [0, 0.05) is 11.6 Å². The van der Waals surface area contributed by atoms with Crippen LogP contribution in [-0.4, -0.2) is 17.1 Å². The predicted octanol–water partition coefficient (Wildman–Crippen LogP) is 2.95. The predicted molar refractivity (Wildman–Crippen MR) is 71.5 cm³/mol. The highest BCUT2D eigenvalue weighted by Gasteiger charge is 2.32. The molecule has 0 saturated heterocycles. The summed E-state index contributed by atoms with van der Waals surface area (Å²) in [4.78, 5) is 12.1. The summed E-state index contributed by atoms with van der Waals surface area (Å²) in [5.74, 6) is 1.31. The monoisotopic (exact) mass is 247 g/mol. The summed E-state index contributed by atoms with van der Waals surface area (Å²) >= 11 is 0. The highest BCUT2D eigenvalue weighted by molar-refractivity contribution is 5.94. The van der Waals surface area contributed by atoms with Crippen molar-refractivity contribution in [3.63, 3.8) is 0 Å². The molecule has 3 unspecified atom stereocenters. The quantitative estimate of drug-likeness (QED) is 0.862. The smallest absolute Gasteiger partial charge is 0.251 e. The number of benzene rings is 1. The van der Waals surface area contributed by atoms with Crippen LogP contribution in [0.4, 0.5) is 0 Å². The van der Waals surface area contributed by atoms with Gasteiger partial charge in [-0.2, -0.15) is 0 Å². The van der Waals surface area contributed by atoms with E-state index in [0.717, 1.165) is 12.3 Å². The average Bonchev–Trinajstić information content (AvgIpc) is 2.70. The fraction of sp³-hybridized carbons (Fsp3) is 0.533. The Hall–Kier alpha value is -1.51. The van der Waals surface area contributed by atoms with Crippen molar-refractivity contribution in [3.05, 3.63) is 29.8 Å². The van der Waals surface area contributed by atoms with E-state index in [1.54, 1.807) is 18.2 Å². The highest BCUT2D eigenvalue weighted by Crippen LogP contribution is 2.34. The molecule has 3 atom stereocenters. The summed E-state index contributed by atoms with van der Waals surface area (Å²) in [6, 6.07) is 6.77. The first-order chi connectivity index (χ1) is 8.61. The molecule has 0 spiro atoms. The molecule has 0 heterocycles. The first kappa shape index (κ1) is 12.9. The summed E-state index contributed by atoms with van der Waals surface area (Å²) < 4.78 is 0. The van der Waals surface area contributed by atoms with Crippen molar-refractivity contribution in [2.24, 2.45) is 11.8 Å². The molecule has 98 valence electrons. The van der Waals surface area contributed by atoms with E-state index in [4.69, 9.17) is 0 Å². The fourth-order valence-electron chi connectivity index (χ4n) is 2.93. The third-order valence-corrected chi connectivity index (χ3v) is 4.18. The van der Waals surface area contributed by atoms with Crippen molar-refractivity contribution >= 4 is 5.91 Å². The van der Waals surface area contributed by atoms with Crippen LogP contribution >= 0.6 is 0 Å². The Morgan fingerprint density at radius 2 is 2.22 bits per heavy atom. The van der Waals surface area contributed by atoms with Gasteiger partial charge in [0.1, 0.15) is 5.75 Å². The largest absolute Gasteiger partial charge is 0.508 e. The number of phenols is 1. The summed E-state index contributed by atoms with van der Waals surface area (Å²) in [6.45, 7) is 4.43. The van der Waals surface area contributed by atoms with Crippen LogP contribution in [0, 0.1) is 11.8 Å². The average molecular weight is 247 g/mol. The van der Waals surface area contributed by atoms with Crippen molar-refractivity contribution < 1.29 is 9.90 Å². The zero-order valence-corrected chi connectivity index (χ0v) is 11.0. The normalized spacial score (nSPS) is 27.1. The molecular formula is C15H21NO2. The van der Waals surface area contributed by atoms with Crippen LogP contribution in [0.2, 0.25) is 0 Å². The second-order valence-corrected chi connectivity index (χ2v) is 5.24. The third kappa shape index (κ3) is 2.66. The summed E-state index contributed by atoms with van der Waals surface area (Å²) in [6.07, 6.45) is 3.44. The minimum atomic E-state index is -0.0838. The van der Waals surface area contributed by atoms with E-state index in [-0.39, 0.29) is 17.7 Å². The van der Waals surface area contributed by atoms with Gasteiger partial charge in [-0.05, 0) is 42.9 Å². The standard InChI is InChI=1S/C15H21NO2/c1-3-11-7-8-14(10(11)2)16-15(18)12-5-4-6-13(17)9-12/h4-6,9-11,14,17H,3,7-8H2,1-2H3,(H,16,18). The number of hydrogen-bond acceptors (Lipinski definition) is 2. The maximum atomic E-state index is 12.1. The van der Waals surface area contributed by atoms with Gasteiger partial charge in [-0.25, -0.2) is 0 Å². The van der Waals surface area contributed by atoms with Crippen LogP contribution in [0.1, 0.15) is 43.5 Å². The van der Waals surface area contributed by atoms with Gasteiger partial charge in [0.05, 0.1) is 0 Å². The molecule has 0 aliphatic heterocycles. The molecule has 1 amide bonds. The third-order valence-electron chi connectivity index (χ3n) is 4.18. The minimum Gasteiger partial charge on any atom is -0.508 e. The van der Waals surface area contributed by atoms with Gasteiger partial charge in [-0.3, -0.25) is 4.79 Å². The molecule has 3 nitrogen and oxygen atoms in total. The first-order valence-corrected chi connectivity index (χ1v) is 6.71. The second-order valence-electron chi connectivity index (χ2n) is 5.24. The Labute approximate surface area is 108 Å². The van der Waals surface area contributed by atoms with Gasteiger partial charge >= 0.3 is 0 Å². The van der Waals surface area contributed by atoms with E-state index in [0.29, 0.717) is 11.5 Å². The molecule has 2 N–H and O–H groups in total. The van der Waals surface area contributed by atoms with E-state index >= 15 is 0 Å². The van der Waals surface area contributed by atoms with Gasteiger partial charge in [-0.15, -0.1) is 0 Å². The van der Waals surface area contributed by atoms with Crippen molar-refractivity contribution in [3.8, 4) is 5.75 Å². The zero-order chi connectivity index (χ0) is 13.1. The van der Waals surface area contributed by atoms with Gasteiger partial charge in [0.25, 0.3) is 5.91 Å². The number of hydrogen-bond donors (Lipinski definition) is 2. The van der Waals surface area contributed by atoms with Crippen LogP contribution in [0.5, 0.6) is 5.75 Å². The molecule has 1 fully saturated rings. The van der Waals surface area contributed by atoms with E-state index in [9.17, 15) is 9.90 Å². The van der Waals surface area contributed by atoms with E-state index in [2.05, 4.69) is 19.2 Å². The Morgan fingerprint density at radius 1 is 1.44 bits per heavy atom. The molecular weight excluding hydrogens is 226 g/mol. The summed E-state index contributed by atoms with van der Waals surface area (Å²) in [5, 5.41) is 12.5. The van der Waals surface area contributed by atoms with Crippen molar-refractivity contribution in [2.75, 3.05) is 0 Å². The maximum absolute atomic E-state index is 12.1. The SMILES string of the molecule is CCC1CCC(NC(=O)c2cccc(O)c2)C1C. The number of nitrogens with one attached hydrogen (secondary N) is 1. The minimum absolute atomic E-state index is 0.0838.